The summed E-state index contributed by atoms with van der Waals surface area (Å²) in [5.74, 6) is 1.93. The van der Waals surface area contributed by atoms with Gasteiger partial charge in [-0.2, -0.15) is 0 Å². The van der Waals surface area contributed by atoms with Crippen LogP contribution in [0.2, 0.25) is 0 Å². The van der Waals surface area contributed by atoms with E-state index in [4.69, 9.17) is 0 Å². The van der Waals surface area contributed by atoms with Gasteiger partial charge >= 0.3 is 0 Å². The summed E-state index contributed by atoms with van der Waals surface area (Å²) in [7, 11) is 1.40. The van der Waals surface area contributed by atoms with Crippen LogP contribution in [0.1, 0.15) is 5.56 Å². The summed E-state index contributed by atoms with van der Waals surface area (Å²) in [5, 5.41) is 0. The van der Waals surface area contributed by atoms with Gasteiger partial charge in [0.05, 0.1) is 0 Å². The first-order chi connectivity index (χ1) is 5.43. The molecule has 57 valence electrons. The van der Waals surface area contributed by atoms with Gasteiger partial charge in [-0.3, -0.25) is 0 Å². The Morgan fingerprint density at radius 1 is 1.18 bits per heavy atom. The second-order valence-corrected chi connectivity index (χ2v) is 3.13. The third kappa shape index (κ3) is 3.54. The fourth-order valence-electron chi connectivity index (χ4n) is 0.750. The molecule has 0 heterocycles. The molecule has 0 fully saturated rings. The topological polar surface area (TPSA) is 0 Å². The van der Waals surface area contributed by atoms with Crippen molar-refractivity contribution >= 4 is 28.5 Å². The first kappa shape index (κ1) is 8.75. The van der Waals surface area contributed by atoms with Crippen molar-refractivity contribution < 1.29 is 0 Å². The van der Waals surface area contributed by atoms with Crippen molar-refractivity contribution in [2.45, 2.75) is 0 Å². The Kier molecular flexibility index (Phi) is 4.24. The summed E-state index contributed by atoms with van der Waals surface area (Å²) in [4.78, 5) is 0. The largest absolute Gasteiger partial charge is 0.111 e. The molecule has 0 nitrogen and oxygen atoms in total. The van der Waals surface area contributed by atoms with Gasteiger partial charge in [-0.05, 0) is 5.56 Å². The molecule has 0 aliphatic heterocycles. The van der Waals surface area contributed by atoms with Gasteiger partial charge in [0.1, 0.15) is 0 Å². The minimum absolute atomic E-state index is 1.21. The van der Waals surface area contributed by atoms with E-state index in [1.807, 2.05) is 36.1 Å². The van der Waals surface area contributed by atoms with Crippen LogP contribution in [0.15, 0.2) is 36.4 Å². The molecule has 0 amide bonds. The van der Waals surface area contributed by atoms with Crippen LogP contribution in [-0.2, 0) is 0 Å². The van der Waals surface area contributed by atoms with Crippen molar-refractivity contribution in [3.05, 3.63) is 47.7 Å². The summed E-state index contributed by atoms with van der Waals surface area (Å²) >= 11 is 3.98. The van der Waals surface area contributed by atoms with Crippen molar-refractivity contribution in [1.82, 2.24) is 0 Å². The highest BCUT2D eigenvalue weighted by molar-refractivity contribution is 8.69. The molecular weight excluding hydrogens is 172 g/mol. The molecular formula is C9H9S2. The lowest BCUT2D eigenvalue weighted by Gasteiger charge is -1.89. The maximum absolute atomic E-state index is 3.98. The van der Waals surface area contributed by atoms with E-state index in [1.165, 1.54) is 16.4 Å². The Hall–Kier alpha value is -0.340. The molecule has 0 N–H and O–H groups in total. The molecule has 0 aromatic heterocycles. The fourth-order valence-corrected chi connectivity index (χ4v) is 1.11. The van der Waals surface area contributed by atoms with Gasteiger partial charge in [-0.25, -0.2) is 0 Å². The van der Waals surface area contributed by atoms with Crippen LogP contribution in [0.25, 0.3) is 6.08 Å². The highest BCUT2D eigenvalue weighted by atomic mass is 33.1. The molecule has 0 bridgehead atoms. The van der Waals surface area contributed by atoms with Gasteiger partial charge in [0.2, 0.25) is 0 Å². The average molecular weight is 181 g/mol. The molecule has 1 aromatic carbocycles. The van der Waals surface area contributed by atoms with Crippen LogP contribution in [0, 0.1) is 5.75 Å². The smallest absolute Gasteiger partial charge is 0.0494 e. The van der Waals surface area contributed by atoms with Crippen molar-refractivity contribution in [3.63, 3.8) is 0 Å². The molecule has 0 saturated heterocycles. The number of hydrogen-bond donors (Lipinski definition) is 1. The van der Waals surface area contributed by atoms with Crippen LogP contribution < -0.4 is 0 Å². The zero-order valence-corrected chi connectivity index (χ0v) is 7.69. The number of thiol groups is 1. The van der Waals surface area contributed by atoms with E-state index in [2.05, 4.69) is 23.8 Å². The minimum atomic E-state index is 1.21. The predicted octanol–water partition coefficient (Wildman–Crippen LogP) is 3.44. The van der Waals surface area contributed by atoms with E-state index < -0.39 is 0 Å². The van der Waals surface area contributed by atoms with E-state index >= 15 is 0 Å². The molecule has 1 radical (unpaired) electrons. The summed E-state index contributed by atoms with van der Waals surface area (Å²) in [6.45, 7) is 0. The molecule has 0 atom stereocenters. The van der Waals surface area contributed by atoms with E-state index in [0.717, 1.165) is 0 Å². The molecule has 1 aromatic rings. The average Bonchev–Trinajstić information content (AvgIpc) is 2.07. The highest BCUT2D eigenvalue weighted by Gasteiger charge is 1.81. The Morgan fingerprint density at radius 2 is 1.91 bits per heavy atom. The van der Waals surface area contributed by atoms with Gasteiger partial charge < -0.3 is 0 Å². The Labute approximate surface area is 76.5 Å². The number of hydrogen-bond acceptors (Lipinski definition) is 2. The lowest BCUT2D eigenvalue weighted by molar-refractivity contribution is 1.66. The maximum atomic E-state index is 3.98. The summed E-state index contributed by atoms with van der Waals surface area (Å²) in [6.07, 6.45) is 4.02. The lowest BCUT2D eigenvalue weighted by atomic mass is 10.2. The summed E-state index contributed by atoms with van der Waals surface area (Å²) in [6, 6.07) is 10.2. The molecule has 0 spiro atoms. The molecule has 1 rings (SSSR count). The van der Waals surface area contributed by atoms with Crippen LogP contribution in [-0.4, -0.2) is 0 Å². The van der Waals surface area contributed by atoms with E-state index in [-0.39, 0.29) is 0 Å². The second-order valence-electron chi connectivity index (χ2n) is 2.01. The van der Waals surface area contributed by atoms with Crippen molar-refractivity contribution in [1.29, 1.82) is 0 Å². The second kappa shape index (κ2) is 5.33. The van der Waals surface area contributed by atoms with Crippen LogP contribution in [0.4, 0.5) is 0 Å². The quantitative estimate of drug-likeness (QED) is 0.550. The maximum Gasteiger partial charge on any atom is 0.0494 e. The van der Waals surface area contributed by atoms with Gasteiger partial charge in [0, 0.05) is 5.75 Å². The molecule has 0 aliphatic carbocycles. The van der Waals surface area contributed by atoms with E-state index in [9.17, 15) is 0 Å². The minimum Gasteiger partial charge on any atom is -0.111 e. The van der Waals surface area contributed by atoms with E-state index in [1.54, 1.807) is 0 Å². The standard InChI is InChI=1S/C9H9S2/c10-11-8-4-7-9-5-2-1-3-6-9/h1-8,10H. The molecule has 0 unspecified atom stereocenters. The normalized spacial score (nSPS) is 10.6. The monoisotopic (exact) mass is 181 g/mol. The Balaban J connectivity index is 2.50. The van der Waals surface area contributed by atoms with Gasteiger partial charge in [0.15, 0.2) is 0 Å². The third-order valence-electron chi connectivity index (χ3n) is 1.23. The summed E-state index contributed by atoms with van der Waals surface area (Å²) in [5.41, 5.74) is 1.21. The molecule has 0 aliphatic rings. The summed E-state index contributed by atoms with van der Waals surface area (Å²) < 4.78 is 0. The molecule has 11 heavy (non-hydrogen) atoms. The highest BCUT2D eigenvalue weighted by Crippen LogP contribution is 2.11. The van der Waals surface area contributed by atoms with Crippen molar-refractivity contribution in [3.8, 4) is 0 Å². The third-order valence-corrected chi connectivity index (χ3v) is 1.87. The zero-order chi connectivity index (χ0) is 7.94. The van der Waals surface area contributed by atoms with Gasteiger partial charge in [-0.1, -0.05) is 53.3 Å². The Bertz CT molecular complexity index is 216. The lowest BCUT2D eigenvalue weighted by Crippen LogP contribution is -1.66. The Morgan fingerprint density at radius 3 is 2.55 bits per heavy atom. The van der Waals surface area contributed by atoms with Gasteiger partial charge in [0.25, 0.3) is 0 Å². The number of rotatable bonds is 3. The molecule has 2 heteroatoms. The van der Waals surface area contributed by atoms with Gasteiger partial charge in [-0.15, -0.1) is 11.7 Å². The van der Waals surface area contributed by atoms with Crippen LogP contribution in [0.3, 0.4) is 0 Å². The molecule has 0 saturated carbocycles. The van der Waals surface area contributed by atoms with Crippen LogP contribution >= 0.6 is 22.5 Å². The van der Waals surface area contributed by atoms with Crippen molar-refractivity contribution in [2.24, 2.45) is 0 Å². The SMILES string of the molecule is SS[CH]C=Cc1ccccc1. The van der Waals surface area contributed by atoms with Crippen LogP contribution in [0.5, 0.6) is 0 Å². The zero-order valence-electron chi connectivity index (χ0n) is 5.97. The fraction of sp³-hybridized carbons (Fsp3) is 0. The first-order valence-corrected chi connectivity index (χ1v) is 5.22. The van der Waals surface area contributed by atoms with Crippen molar-refractivity contribution in [2.75, 3.05) is 0 Å². The number of benzene rings is 1. The van der Waals surface area contributed by atoms with E-state index in [0.29, 0.717) is 0 Å². The predicted molar refractivity (Wildman–Crippen MR) is 56.4 cm³/mol. The first-order valence-electron chi connectivity index (χ1n) is 3.28.